The van der Waals surface area contributed by atoms with Crippen molar-refractivity contribution in [2.45, 2.75) is 6.92 Å². The van der Waals surface area contributed by atoms with Gasteiger partial charge in [0.2, 0.25) is 0 Å². The number of aryl methyl sites for hydroxylation is 1. The zero-order valence-electron chi connectivity index (χ0n) is 11.4. The first-order valence-electron chi connectivity index (χ1n) is 6.26. The lowest BCUT2D eigenvalue weighted by atomic mass is 10.2. The Kier molecular flexibility index (Phi) is 5.45. The molecule has 0 radical (unpaired) electrons. The molecular weight excluding hydrogens is 334 g/mol. The van der Waals surface area contributed by atoms with E-state index >= 15 is 0 Å². The number of pyridine rings is 1. The average molecular weight is 348 g/mol. The molecule has 1 aromatic carbocycles. The van der Waals surface area contributed by atoms with Gasteiger partial charge in [-0.05, 0) is 46.6 Å². The summed E-state index contributed by atoms with van der Waals surface area (Å²) in [6.45, 7) is 1.88. The smallest absolute Gasteiger partial charge is 0.277 e. The van der Waals surface area contributed by atoms with Crippen molar-refractivity contribution in [1.29, 1.82) is 0 Å². The van der Waals surface area contributed by atoms with Crippen LogP contribution in [0.1, 0.15) is 11.1 Å². The molecule has 0 bridgehead atoms. The van der Waals surface area contributed by atoms with Gasteiger partial charge in [-0.3, -0.25) is 9.78 Å². The van der Waals surface area contributed by atoms with Crippen LogP contribution in [0.5, 0.6) is 5.75 Å². The predicted octanol–water partition coefficient (Wildman–Crippen LogP) is 2.68. The number of amides is 1. The van der Waals surface area contributed by atoms with Crippen LogP contribution in [0.15, 0.2) is 52.3 Å². The van der Waals surface area contributed by atoms with E-state index in [1.165, 1.54) is 6.21 Å². The van der Waals surface area contributed by atoms with Crippen molar-refractivity contribution in [3.63, 3.8) is 0 Å². The van der Waals surface area contributed by atoms with Gasteiger partial charge in [0.25, 0.3) is 5.91 Å². The number of benzene rings is 1. The summed E-state index contributed by atoms with van der Waals surface area (Å²) in [6.07, 6.45) is 4.84. The van der Waals surface area contributed by atoms with Crippen molar-refractivity contribution in [2.75, 3.05) is 6.61 Å². The van der Waals surface area contributed by atoms with E-state index < -0.39 is 0 Å². The summed E-state index contributed by atoms with van der Waals surface area (Å²) in [6, 6.07) is 9.28. The molecule has 0 aliphatic rings. The van der Waals surface area contributed by atoms with Crippen molar-refractivity contribution in [1.82, 2.24) is 10.4 Å². The van der Waals surface area contributed by atoms with E-state index in [1.807, 2.05) is 31.2 Å². The Morgan fingerprint density at radius 1 is 1.48 bits per heavy atom. The Morgan fingerprint density at radius 3 is 3.05 bits per heavy atom. The van der Waals surface area contributed by atoms with Crippen LogP contribution in [-0.4, -0.2) is 23.7 Å². The molecule has 1 N–H and O–H groups in total. The molecule has 0 unspecified atom stereocenters. The van der Waals surface area contributed by atoms with Gasteiger partial charge in [-0.2, -0.15) is 5.10 Å². The van der Waals surface area contributed by atoms with E-state index in [4.69, 9.17) is 4.74 Å². The molecule has 108 valence electrons. The van der Waals surface area contributed by atoms with Crippen molar-refractivity contribution >= 4 is 28.1 Å². The maximum atomic E-state index is 11.6. The zero-order chi connectivity index (χ0) is 15.1. The van der Waals surface area contributed by atoms with Crippen LogP contribution >= 0.6 is 15.9 Å². The van der Waals surface area contributed by atoms with Gasteiger partial charge in [-0.25, -0.2) is 5.43 Å². The number of aromatic nitrogens is 1. The lowest BCUT2D eigenvalue weighted by molar-refractivity contribution is -0.123. The van der Waals surface area contributed by atoms with Gasteiger partial charge in [0.05, 0.1) is 10.7 Å². The standard InChI is InChI=1S/C15H14BrN3O2/c1-11-4-5-14(13(16)7-11)21-10-15(20)19-18-9-12-3-2-6-17-8-12/h2-9H,10H2,1H3,(H,19,20). The van der Waals surface area contributed by atoms with Crippen LogP contribution in [0.3, 0.4) is 0 Å². The third kappa shape index (κ3) is 5.00. The maximum Gasteiger partial charge on any atom is 0.277 e. The van der Waals surface area contributed by atoms with Crippen LogP contribution in [0, 0.1) is 6.92 Å². The minimum absolute atomic E-state index is 0.105. The first-order valence-corrected chi connectivity index (χ1v) is 7.05. The van der Waals surface area contributed by atoms with Gasteiger partial charge in [0.15, 0.2) is 6.61 Å². The Labute approximate surface area is 131 Å². The number of ether oxygens (including phenoxy) is 1. The van der Waals surface area contributed by atoms with Crippen molar-refractivity contribution < 1.29 is 9.53 Å². The second-order valence-electron chi connectivity index (χ2n) is 4.30. The number of rotatable bonds is 5. The van der Waals surface area contributed by atoms with Crippen molar-refractivity contribution in [3.8, 4) is 5.75 Å². The van der Waals surface area contributed by atoms with Gasteiger partial charge in [0.1, 0.15) is 5.75 Å². The van der Waals surface area contributed by atoms with E-state index in [2.05, 4.69) is 31.4 Å². The van der Waals surface area contributed by atoms with Crippen LogP contribution in [-0.2, 0) is 4.79 Å². The molecule has 0 saturated carbocycles. The highest BCUT2D eigenvalue weighted by molar-refractivity contribution is 9.10. The predicted molar refractivity (Wildman–Crippen MR) is 84.3 cm³/mol. The van der Waals surface area contributed by atoms with Gasteiger partial charge in [0, 0.05) is 18.0 Å². The topological polar surface area (TPSA) is 63.6 Å². The fourth-order valence-corrected chi connectivity index (χ4v) is 2.14. The number of nitrogens with one attached hydrogen (secondary N) is 1. The Bertz CT molecular complexity index is 645. The number of carbonyl (C=O) groups is 1. The molecule has 0 atom stereocenters. The molecule has 0 fully saturated rings. The molecule has 1 aromatic heterocycles. The number of carbonyl (C=O) groups excluding carboxylic acids is 1. The summed E-state index contributed by atoms with van der Waals surface area (Å²) in [5.41, 5.74) is 4.31. The maximum absolute atomic E-state index is 11.6. The number of hydrogen-bond donors (Lipinski definition) is 1. The minimum atomic E-state index is -0.331. The number of hydrogen-bond acceptors (Lipinski definition) is 4. The molecule has 0 aliphatic carbocycles. The minimum Gasteiger partial charge on any atom is -0.483 e. The van der Waals surface area contributed by atoms with Gasteiger partial charge >= 0.3 is 0 Å². The molecule has 2 rings (SSSR count). The summed E-state index contributed by atoms with van der Waals surface area (Å²) in [7, 11) is 0. The average Bonchev–Trinajstić information content (AvgIpc) is 2.47. The fraction of sp³-hybridized carbons (Fsp3) is 0.133. The van der Waals surface area contributed by atoms with Crippen LogP contribution in [0.4, 0.5) is 0 Å². The summed E-state index contributed by atoms with van der Waals surface area (Å²) in [5, 5.41) is 3.83. The lowest BCUT2D eigenvalue weighted by Gasteiger charge is -2.07. The fourth-order valence-electron chi connectivity index (χ4n) is 1.53. The Morgan fingerprint density at radius 2 is 2.33 bits per heavy atom. The molecular formula is C15H14BrN3O2. The summed E-state index contributed by atoms with van der Waals surface area (Å²) < 4.78 is 6.23. The highest BCUT2D eigenvalue weighted by atomic mass is 79.9. The molecule has 0 aliphatic heterocycles. The van der Waals surface area contributed by atoms with Crippen molar-refractivity contribution in [3.05, 3.63) is 58.3 Å². The zero-order valence-corrected chi connectivity index (χ0v) is 13.0. The van der Waals surface area contributed by atoms with Crippen LogP contribution in [0.25, 0.3) is 0 Å². The van der Waals surface area contributed by atoms with E-state index in [0.29, 0.717) is 5.75 Å². The quantitative estimate of drug-likeness (QED) is 0.668. The first kappa shape index (κ1) is 15.2. The summed E-state index contributed by atoms with van der Waals surface area (Å²) in [5.74, 6) is 0.287. The molecule has 5 nitrogen and oxygen atoms in total. The monoisotopic (exact) mass is 347 g/mol. The van der Waals surface area contributed by atoms with E-state index in [0.717, 1.165) is 15.6 Å². The van der Waals surface area contributed by atoms with Crippen molar-refractivity contribution in [2.24, 2.45) is 5.10 Å². The molecule has 2 aromatic rings. The molecule has 6 heteroatoms. The first-order chi connectivity index (χ1) is 10.1. The third-order valence-electron chi connectivity index (χ3n) is 2.53. The second-order valence-corrected chi connectivity index (χ2v) is 5.16. The third-order valence-corrected chi connectivity index (χ3v) is 3.15. The largest absolute Gasteiger partial charge is 0.483 e. The van der Waals surface area contributed by atoms with Gasteiger partial charge in [-0.1, -0.05) is 12.1 Å². The Balaban J connectivity index is 1.81. The molecule has 21 heavy (non-hydrogen) atoms. The summed E-state index contributed by atoms with van der Waals surface area (Å²) in [4.78, 5) is 15.5. The van der Waals surface area contributed by atoms with Gasteiger partial charge in [-0.15, -0.1) is 0 Å². The SMILES string of the molecule is Cc1ccc(OCC(=O)NN=Cc2cccnc2)c(Br)c1. The normalized spacial score (nSPS) is 10.6. The second kappa shape index (κ2) is 7.54. The number of nitrogens with zero attached hydrogens (tertiary/aromatic N) is 2. The highest BCUT2D eigenvalue weighted by Crippen LogP contribution is 2.25. The van der Waals surface area contributed by atoms with E-state index in [9.17, 15) is 4.79 Å². The van der Waals surface area contributed by atoms with Crippen LogP contribution < -0.4 is 10.2 Å². The summed E-state index contributed by atoms with van der Waals surface area (Å²) >= 11 is 3.39. The molecule has 1 amide bonds. The van der Waals surface area contributed by atoms with Gasteiger partial charge < -0.3 is 4.74 Å². The molecule has 1 heterocycles. The lowest BCUT2D eigenvalue weighted by Crippen LogP contribution is -2.24. The number of halogens is 1. The highest BCUT2D eigenvalue weighted by Gasteiger charge is 2.04. The molecule has 0 spiro atoms. The van der Waals surface area contributed by atoms with E-state index in [-0.39, 0.29) is 12.5 Å². The molecule has 0 saturated heterocycles. The Hall–Kier alpha value is -2.21. The van der Waals surface area contributed by atoms with E-state index in [1.54, 1.807) is 18.5 Å². The number of hydrazone groups is 1. The van der Waals surface area contributed by atoms with Crippen LogP contribution in [0.2, 0.25) is 0 Å².